The third kappa shape index (κ3) is 5.24. The van der Waals surface area contributed by atoms with E-state index in [4.69, 9.17) is 15.7 Å². The minimum Gasteiger partial charge on any atom is -0.409 e. The first-order chi connectivity index (χ1) is 9.58. The Morgan fingerprint density at radius 1 is 1.55 bits per heavy atom. The number of hydrogen-bond acceptors (Lipinski definition) is 4. The highest BCUT2D eigenvalue weighted by Crippen LogP contribution is 2.17. The maximum absolute atomic E-state index is 12.5. The smallest absolute Gasteiger partial charge is 0.320 e. The molecule has 1 heterocycles. The molecule has 0 aromatic heterocycles. The fourth-order valence-electron chi connectivity index (χ4n) is 2.37. The van der Waals surface area contributed by atoms with E-state index in [2.05, 4.69) is 12.1 Å². The Bertz CT molecular complexity index is 336. The molecule has 0 aromatic carbocycles. The Morgan fingerprint density at radius 3 is 2.90 bits per heavy atom. The number of carbonyl (C=O) groups excluding carboxylic acids is 1. The maximum atomic E-state index is 12.5. The van der Waals surface area contributed by atoms with Gasteiger partial charge in [-0.3, -0.25) is 0 Å². The number of oxime groups is 1. The van der Waals surface area contributed by atoms with Crippen LogP contribution in [0.3, 0.4) is 0 Å². The minimum absolute atomic E-state index is 0.0133. The molecule has 0 spiro atoms. The number of piperidine rings is 1. The first-order valence-corrected chi connectivity index (χ1v) is 7.07. The van der Waals surface area contributed by atoms with Crippen molar-refractivity contribution in [2.45, 2.75) is 26.2 Å². The molecule has 1 atom stereocenters. The predicted octanol–water partition coefficient (Wildman–Crippen LogP) is 0.923. The van der Waals surface area contributed by atoms with Gasteiger partial charge in [0.1, 0.15) is 5.84 Å². The van der Waals surface area contributed by atoms with Crippen molar-refractivity contribution in [1.29, 1.82) is 0 Å². The summed E-state index contributed by atoms with van der Waals surface area (Å²) in [4.78, 5) is 16.1. The summed E-state index contributed by atoms with van der Waals surface area (Å²) < 4.78 is 5.04. The zero-order chi connectivity index (χ0) is 15.0. The molecule has 116 valence electrons. The molecule has 1 aliphatic rings. The van der Waals surface area contributed by atoms with Gasteiger partial charge in [0.25, 0.3) is 0 Å². The zero-order valence-electron chi connectivity index (χ0n) is 12.4. The number of ether oxygens (including phenoxy) is 1. The van der Waals surface area contributed by atoms with Crippen LogP contribution < -0.4 is 5.73 Å². The Labute approximate surface area is 120 Å². The van der Waals surface area contributed by atoms with Crippen LogP contribution in [0.2, 0.25) is 0 Å². The fraction of sp³-hybridized carbons (Fsp3) is 0.846. The van der Waals surface area contributed by atoms with Crippen molar-refractivity contribution in [3.8, 4) is 0 Å². The second kappa shape index (κ2) is 8.63. The second-order valence-corrected chi connectivity index (χ2v) is 5.30. The van der Waals surface area contributed by atoms with Gasteiger partial charge in [0.15, 0.2) is 0 Å². The molecule has 1 fully saturated rings. The highest BCUT2D eigenvalue weighted by atomic mass is 16.5. The van der Waals surface area contributed by atoms with Crippen molar-refractivity contribution >= 4 is 11.9 Å². The summed E-state index contributed by atoms with van der Waals surface area (Å²) in [6, 6.07) is 0.0133. The number of urea groups is 1. The first-order valence-electron chi connectivity index (χ1n) is 7.07. The van der Waals surface area contributed by atoms with Gasteiger partial charge in [-0.2, -0.15) is 0 Å². The molecule has 1 aliphatic heterocycles. The van der Waals surface area contributed by atoms with Gasteiger partial charge in [-0.05, 0) is 18.8 Å². The van der Waals surface area contributed by atoms with Crippen molar-refractivity contribution in [2.75, 3.05) is 39.9 Å². The summed E-state index contributed by atoms with van der Waals surface area (Å²) in [5.74, 6) is 0.674. The highest BCUT2D eigenvalue weighted by Gasteiger charge is 2.25. The predicted molar refractivity (Wildman–Crippen MR) is 76.8 cm³/mol. The van der Waals surface area contributed by atoms with Crippen LogP contribution in [0.5, 0.6) is 0 Å². The van der Waals surface area contributed by atoms with Gasteiger partial charge in [-0.15, -0.1) is 0 Å². The number of hydrogen-bond donors (Lipinski definition) is 2. The molecule has 0 radical (unpaired) electrons. The van der Waals surface area contributed by atoms with Crippen LogP contribution in [0.1, 0.15) is 26.2 Å². The standard InChI is InChI=1S/C13H26N4O3/c1-11-4-3-6-17(10-11)13(18)16(8-9-20-2)7-5-12(14)15-19/h11,19H,3-10H2,1-2H3,(H2,14,15). The molecule has 2 amide bonds. The van der Waals surface area contributed by atoms with E-state index in [1.165, 1.54) is 6.42 Å². The SMILES string of the molecule is COCCN(CCC(N)=NO)C(=O)N1CCCC(C)C1. The number of methoxy groups -OCH3 is 1. The van der Waals surface area contributed by atoms with Crippen LogP contribution in [0.15, 0.2) is 5.16 Å². The van der Waals surface area contributed by atoms with Crippen molar-refractivity contribution in [3.63, 3.8) is 0 Å². The number of likely N-dealkylation sites (tertiary alicyclic amines) is 1. The van der Waals surface area contributed by atoms with E-state index < -0.39 is 0 Å². The lowest BCUT2D eigenvalue weighted by Crippen LogP contribution is -2.48. The Morgan fingerprint density at radius 2 is 2.30 bits per heavy atom. The van der Waals surface area contributed by atoms with Gasteiger partial charge in [0, 0.05) is 39.7 Å². The molecule has 0 saturated carbocycles. The normalized spacial score (nSPS) is 20.0. The number of rotatable bonds is 6. The topological polar surface area (TPSA) is 91.4 Å². The van der Waals surface area contributed by atoms with Crippen LogP contribution in [0.25, 0.3) is 0 Å². The molecule has 1 rings (SSSR count). The quantitative estimate of drug-likeness (QED) is 0.329. The van der Waals surface area contributed by atoms with Gasteiger partial charge in [-0.25, -0.2) is 4.79 Å². The lowest BCUT2D eigenvalue weighted by atomic mass is 10.0. The number of nitrogens with zero attached hydrogens (tertiary/aromatic N) is 3. The lowest BCUT2D eigenvalue weighted by Gasteiger charge is -2.35. The van der Waals surface area contributed by atoms with E-state index in [1.807, 2.05) is 4.90 Å². The van der Waals surface area contributed by atoms with E-state index in [1.54, 1.807) is 12.0 Å². The van der Waals surface area contributed by atoms with Crippen LogP contribution in [-0.2, 0) is 4.74 Å². The van der Waals surface area contributed by atoms with E-state index in [0.29, 0.717) is 32.0 Å². The summed E-state index contributed by atoms with van der Waals surface area (Å²) in [7, 11) is 1.61. The fourth-order valence-corrected chi connectivity index (χ4v) is 2.37. The highest BCUT2D eigenvalue weighted by molar-refractivity contribution is 5.81. The average molecular weight is 286 g/mol. The summed E-state index contributed by atoms with van der Waals surface area (Å²) in [5.41, 5.74) is 5.47. The van der Waals surface area contributed by atoms with E-state index >= 15 is 0 Å². The van der Waals surface area contributed by atoms with Crippen LogP contribution in [0, 0.1) is 5.92 Å². The Hall–Kier alpha value is -1.50. The van der Waals surface area contributed by atoms with Crippen molar-refractivity contribution in [3.05, 3.63) is 0 Å². The summed E-state index contributed by atoms with van der Waals surface area (Å²) >= 11 is 0. The molecular weight excluding hydrogens is 260 g/mol. The van der Waals surface area contributed by atoms with Gasteiger partial charge in [-0.1, -0.05) is 12.1 Å². The monoisotopic (exact) mass is 286 g/mol. The molecule has 0 aromatic rings. The molecule has 20 heavy (non-hydrogen) atoms. The van der Waals surface area contributed by atoms with Crippen molar-refractivity contribution < 1.29 is 14.7 Å². The van der Waals surface area contributed by atoms with Gasteiger partial charge in [0.05, 0.1) is 6.61 Å². The molecule has 3 N–H and O–H groups in total. The van der Waals surface area contributed by atoms with Crippen molar-refractivity contribution in [2.24, 2.45) is 16.8 Å². The Balaban J connectivity index is 2.58. The van der Waals surface area contributed by atoms with Gasteiger partial charge >= 0.3 is 6.03 Å². The average Bonchev–Trinajstić information content (AvgIpc) is 2.46. The van der Waals surface area contributed by atoms with E-state index in [9.17, 15) is 4.79 Å². The Kier molecular flexibility index (Phi) is 7.14. The van der Waals surface area contributed by atoms with E-state index in [0.717, 1.165) is 19.5 Å². The van der Waals surface area contributed by atoms with Crippen LogP contribution >= 0.6 is 0 Å². The largest absolute Gasteiger partial charge is 0.409 e. The number of amides is 2. The lowest BCUT2D eigenvalue weighted by molar-refractivity contribution is 0.112. The molecule has 0 bridgehead atoms. The van der Waals surface area contributed by atoms with Crippen LogP contribution in [0.4, 0.5) is 4.79 Å². The summed E-state index contributed by atoms with van der Waals surface area (Å²) in [6.07, 6.45) is 2.58. The maximum Gasteiger partial charge on any atom is 0.320 e. The third-order valence-corrected chi connectivity index (χ3v) is 3.53. The van der Waals surface area contributed by atoms with Gasteiger partial charge in [0.2, 0.25) is 0 Å². The minimum atomic E-state index is 0.0133. The van der Waals surface area contributed by atoms with E-state index in [-0.39, 0.29) is 11.9 Å². The molecular formula is C13H26N4O3. The zero-order valence-corrected chi connectivity index (χ0v) is 12.4. The molecule has 1 unspecified atom stereocenters. The number of nitrogens with two attached hydrogens (primary N) is 1. The second-order valence-electron chi connectivity index (χ2n) is 5.30. The summed E-state index contributed by atoms with van der Waals surface area (Å²) in [6.45, 7) is 5.19. The molecule has 7 heteroatoms. The summed E-state index contributed by atoms with van der Waals surface area (Å²) in [5, 5.41) is 11.5. The third-order valence-electron chi connectivity index (χ3n) is 3.53. The molecule has 1 saturated heterocycles. The van der Waals surface area contributed by atoms with Crippen LogP contribution in [-0.4, -0.2) is 66.8 Å². The first kappa shape index (κ1) is 16.6. The van der Waals surface area contributed by atoms with Crippen molar-refractivity contribution in [1.82, 2.24) is 9.80 Å². The number of amidine groups is 1. The molecule has 7 nitrogen and oxygen atoms in total. The number of carbonyl (C=O) groups is 1. The molecule has 0 aliphatic carbocycles. The van der Waals surface area contributed by atoms with Gasteiger partial charge < -0.3 is 25.5 Å².